The number of hydrogen-bond donors (Lipinski definition) is 1. The maximum Gasteiger partial charge on any atom is 0.0810 e. The molecule has 0 aromatic rings. The van der Waals surface area contributed by atoms with Gasteiger partial charge in [0.25, 0.3) is 0 Å². The van der Waals surface area contributed by atoms with Gasteiger partial charge in [-0.3, -0.25) is 0 Å². The zero-order chi connectivity index (χ0) is 11.3. The molecular formula is C14H27NO. The summed E-state index contributed by atoms with van der Waals surface area (Å²) in [6.45, 7) is 4.44. The van der Waals surface area contributed by atoms with Gasteiger partial charge in [0.05, 0.1) is 11.7 Å². The summed E-state index contributed by atoms with van der Waals surface area (Å²) >= 11 is 0. The fourth-order valence-electron chi connectivity index (χ4n) is 3.17. The Labute approximate surface area is 100 Å². The Kier molecular flexibility index (Phi) is 4.66. The van der Waals surface area contributed by atoms with Gasteiger partial charge < -0.3 is 10.1 Å². The summed E-state index contributed by atoms with van der Waals surface area (Å²) in [6, 6.07) is 0. The number of unbranched alkanes of at least 4 members (excludes halogenated alkanes) is 3. The Hall–Kier alpha value is -0.0800. The second kappa shape index (κ2) is 6.02. The smallest absolute Gasteiger partial charge is 0.0810 e. The van der Waals surface area contributed by atoms with Crippen LogP contribution in [0.3, 0.4) is 0 Å². The van der Waals surface area contributed by atoms with Gasteiger partial charge in [-0.25, -0.2) is 0 Å². The zero-order valence-corrected chi connectivity index (χ0v) is 10.8. The van der Waals surface area contributed by atoms with Gasteiger partial charge in [-0.15, -0.1) is 0 Å². The monoisotopic (exact) mass is 225 g/mol. The Balaban J connectivity index is 1.70. The van der Waals surface area contributed by atoms with E-state index in [1.807, 2.05) is 0 Å². The first-order valence-corrected chi connectivity index (χ1v) is 7.23. The van der Waals surface area contributed by atoms with Crippen molar-refractivity contribution in [2.45, 2.75) is 76.4 Å². The molecule has 2 heteroatoms. The van der Waals surface area contributed by atoms with Crippen LogP contribution in [0.15, 0.2) is 0 Å². The fraction of sp³-hybridized carbons (Fsp3) is 1.00. The van der Waals surface area contributed by atoms with E-state index in [0.717, 1.165) is 13.1 Å². The van der Waals surface area contributed by atoms with Crippen LogP contribution in [0.4, 0.5) is 0 Å². The molecule has 2 fully saturated rings. The normalized spacial score (nSPS) is 28.7. The van der Waals surface area contributed by atoms with Crippen molar-refractivity contribution in [2.24, 2.45) is 0 Å². The molecule has 0 aromatic carbocycles. The van der Waals surface area contributed by atoms with Gasteiger partial charge in [-0.05, 0) is 19.3 Å². The summed E-state index contributed by atoms with van der Waals surface area (Å²) in [7, 11) is 0. The topological polar surface area (TPSA) is 21.3 Å². The van der Waals surface area contributed by atoms with Crippen LogP contribution in [-0.2, 0) is 4.74 Å². The molecule has 2 nitrogen and oxygen atoms in total. The first-order chi connectivity index (χ1) is 7.85. The molecule has 1 atom stereocenters. The molecule has 1 aliphatic carbocycles. The standard InChI is InChI=1S/C14H27NO/c1-2-3-4-5-8-13-11-15-12-14(16-13)9-6-7-10-14/h13,15H,2-12H2,1H3. The maximum atomic E-state index is 6.35. The Morgan fingerprint density at radius 3 is 2.75 bits per heavy atom. The molecule has 0 aromatic heterocycles. The lowest BCUT2D eigenvalue weighted by Crippen LogP contribution is -2.52. The molecule has 0 radical (unpaired) electrons. The third-order valence-electron chi connectivity index (χ3n) is 4.13. The van der Waals surface area contributed by atoms with Crippen LogP contribution in [0, 0.1) is 0 Å². The first-order valence-electron chi connectivity index (χ1n) is 7.23. The molecule has 1 N–H and O–H groups in total. The largest absolute Gasteiger partial charge is 0.369 e. The van der Waals surface area contributed by atoms with E-state index in [1.165, 1.54) is 57.8 Å². The van der Waals surface area contributed by atoms with E-state index in [1.54, 1.807) is 0 Å². The molecule has 1 heterocycles. The van der Waals surface area contributed by atoms with Crippen LogP contribution in [0.2, 0.25) is 0 Å². The van der Waals surface area contributed by atoms with Gasteiger partial charge in [0.2, 0.25) is 0 Å². The highest BCUT2D eigenvalue weighted by Gasteiger charge is 2.39. The van der Waals surface area contributed by atoms with E-state index >= 15 is 0 Å². The van der Waals surface area contributed by atoms with E-state index in [9.17, 15) is 0 Å². The van der Waals surface area contributed by atoms with Crippen molar-refractivity contribution in [3.8, 4) is 0 Å². The van der Waals surface area contributed by atoms with Crippen molar-refractivity contribution >= 4 is 0 Å². The average Bonchev–Trinajstić information content (AvgIpc) is 2.73. The van der Waals surface area contributed by atoms with Crippen molar-refractivity contribution < 1.29 is 4.74 Å². The zero-order valence-electron chi connectivity index (χ0n) is 10.8. The summed E-state index contributed by atoms with van der Waals surface area (Å²) in [4.78, 5) is 0. The second-order valence-electron chi connectivity index (χ2n) is 5.61. The lowest BCUT2D eigenvalue weighted by Gasteiger charge is -2.39. The van der Waals surface area contributed by atoms with E-state index < -0.39 is 0 Å². The van der Waals surface area contributed by atoms with Crippen LogP contribution in [-0.4, -0.2) is 24.8 Å². The number of rotatable bonds is 5. The van der Waals surface area contributed by atoms with Gasteiger partial charge in [0.15, 0.2) is 0 Å². The van der Waals surface area contributed by atoms with Crippen LogP contribution in [0.25, 0.3) is 0 Å². The molecule has 1 aliphatic heterocycles. The summed E-state index contributed by atoms with van der Waals surface area (Å²) < 4.78 is 6.35. The fourth-order valence-corrected chi connectivity index (χ4v) is 3.17. The van der Waals surface area contributed by atoms with Crippen LogP contribution < -0.4 is 5.32 Å². The van der Waals surface area contributed by atoms with Crippen molar-refractivity contribution in [2.75, 3.05) is 13.1 Å². The highest BCUT2D eigenvalue weighted by molar-refractivity contribution is 4.92. The van der Waals surface area contributed by atoms with Crippen LogP contribution in [0.1, 0.15) is 64.7 Å². The van der Waals surface area contributed by atoms with Gasteiger partial charge in [0.1, 0.15) is 0 Å². The summed E-state index contributed by atoms with van der Waals surface area (Å²) in [5.41, 5.74) is 0.230. The van der Waals surface area contributed by atoms with Gasteiger partial charge in [0, 0.05) is 13.1 Å². The second-order valence-corrected chi connectivity index (χ2v) is 5.61. The van der Waals surface area contributed by atoms with Gasteiger partial charge >= 0.3 is 0 Å². The highest BCUT2D eigenvalue weighted by atomic mass is 16.5. The van der Waals surface area contributed by atoms with Crippen LogP contribution in [0.5, 0.6) is 0 Å². The minimum atomic E-state index is 0.230. The van der Waals surface area contributed by atoms with Gasteiger partial charge in [-0.1, -0.05) is 45.4 Å². The van der Waals surface area contributed by atoms with Crippen molar-refractivity contribution in [1.29, 1.82) is 0 Å². The van der Waals surface area contributed by atoms with E-state index in [0.29, 0.717) is 6.10 Å². The first kappa shape index (κ1) is 12.4. The molecule has 1 saturated heterocycles. The average molecular weight is 225 g/mol. The third-order valence-corrected chi connectivity index (χ3v) is 4.13. The molecule has 2 rings (SSSR count). The predicted molar refractivity (Wildman–Crippen MR) is 67.7 cm³/mol. The van der Waals surface area contributed by atoms with Crippen molar-refractivity contribution in [3.05, 3.63) is 0 Å². The Morgan fingerprint density at radius 2 is 2.00 bits per heavy atom. The molecule has 1 spiro atoms. The lowest BCUT2D eigenvalue weighted by atomic mass is 9.98. The Morgan fingerprint density at radius 1 is 1.19 bits per heavy atom. The van der Waals surface area contributed by atoms with E-state index in [-0.39, 0.29) is 5.60 Å². The molecular weight excluding hydrogens is 198 g/mol. The maximum absolute atomic E-state index is 6.35. The quantitative estimate of drug-likeness (QED) is 0.725. The molecule has 16 heavy (non-hydrogen) atoms. The number of morpholine rings is 1. The lowest BCUT2D eigenvalue weighted by molar-refractivity contribution is -0.114. The molecule has 94 valence electrons. The summed E-state index contributed by atoms with van der Waals surface area (Å²) in [5.74, 6) is 0. The van der Waals surface area contributed by atoms with Crippen molar-refractivity contribution in [1.82, 2.24) is 5.32 Å². The number of hydrogen-bond acceptors (Lipinski definition) is 2. The molecule has 1 saturated carbocycles. The summed E-state index contributed by atoms with van der Waals surface area (Å²) in [5, 5.41) is 3.58. The van der Waals surface area contributed by atoms with Crippen LogP contribution >= 0.6 is 0 Å². The van der Waals surface area contributed by atoms with E-state index in [2.05, 4.69) is 12.2 Å². The number of nitrogens with one attached hydrogen (secondary N) is 1. The van der Waals surface area contributed by atoms with E-state index in [4.69, 9.17) is 4.74 Å². The minimum absolute atomic E-state index is 0.230. The highest BCUT2D eigenvalue weighted by Crippen LogP contribution is 2.36. The predicted octanol–water partition coefficient (Wildman–Crippen LogP) is 3.26. The summed E-state index contributed by atoms with van der Waals surface area (Å²) in [6.07, 6.45) is 12.5. The number of ether oxygens (including phenoxy) is 1. The molecule has 0 bridgehead atoms. The van der Waals surface area contributed by atoms with Crippen molar-refractivity contribution in [3.63, 3.8) is 0 Å². The minimum Gasteiger partial charge on any atom is -0.369 e. The molecule has 2 aliphatic rings. The SMILES string of the molecule is CCCCCCC1CNCC2(CCCC2)O1. The molecule has 0 amide bonds. The van der Waals surface area contributed by atoms with Gasteiger partial charge in [-0.2, -0.15) is 0 Å². The Bertz CT molecular complexity index is 199. The molecule has 1 unspecified atom stereocenters. The third kappa shape index (κ3) is 3.21.